The average molecular weight is 314 g/mol. The summed E-state index contributed by atoms with van der Waals surface area (Å²) in [5.74, 6) is -1.29. The van der Waals surface area contributed by atoms with Crippen molar-refractivity contribution in [2.45, 2.75) is 13.0 Å². The van der Waals surface area contributed by atoms with Crippen LogP contribution in [0.4, 0.5) is 4.79 Å². The second kappa shape index (κ2) is 5.60. The Morgan fingerprint density at radius 2 is 1.78 bits per heavy atom. The predicted octanol–water partition coefficient (Wildman–Crippen LogP) is 1.57. The lowest BCUT2D eigenvalue weighted by Gasteiger charge is -2.29. The van der Waals surface area contributed by atoms with E-state index >= 15 is 0 Å². The molecule has 0 fully saturated rings. The summed E-state index contributed by atoms with van der Waals surface area (Å²) in [6.45, 7) is 0.323. The van der Waals surface area contributed by atoms with E-state index in [-0.39, 0.29) is 18.7 Å². The number of nitrogens with zero attached hydrogens (tertiary/aromatic N) is 2. The fourth-order valence-corrected chi connectivity index (χ4v) is 2.78. The van der Waals surface area contributed by atoms with E-state index in [0.717, 1.165) is 0 Å². The molecule has 2 heterocycles. The molecule has 0 aliphatic carbocycles. The van der Waals surface area contributed by atoms with Crippen LogP contribution < -0.4 is 5.56 Å². The monoisotopic (exact) mass is 314 g/mol. The quantitative estimate of drug-likeness (QED) is 0.876. The van der Waals surface area contributed by atoms with Gasteiger partial charge in [0.1, 0.15) is 5.56 Å². The van der Waals surface area contributed by atoms with E-state index in [1.54, 1.807) is 30.3 Å². The average Bonchev–Trinajstić information content (AvgIpc) is 2.54. The van der Waals surface area contributed by atoms with Crippen molar-refractivity contribution < 1.29 is 19.8 Å². The van der Waals surface area contributed by atoms with E-state index < -0.39 is 17.6 Å². The van der Waals surface area contributed by atoms with E-state index in [4.69, 9.17) is 0 Å². The van der Waals surface area contributed by atoms with Crippen LogP contribution in [0, 0.1) is 0 Å². The highest BCUT2D eigenvalue weighted by Gasteiger charge is 2.26. The lowest BCUT2D eigenvalue weighted by Crippen LogP contribution is -2.39. The molecule has 118 valence electrons. The second-order valence-electron chi connectivity index (χ2n) is 5.27. The zero-order valence-electron chi connectivity index (χ0n) is 12.1. The van der Waals surface area contributed by atoms with Gasteiger partial charge < -0.3 is 15.1 Å². The van der Waals surface area contributed by atoms with Crippen LogP contribution in [-0.2, 0) is 13.0 Å². The Hall–Kier alpha value is -3.09. The minimum atomic E-state index is -1.29. The Bertz CT molecular complexity index is 842. The number of pyridine rings is 1. The number of aromatic nitrogens is 1. The Morgan fingerprint density at radius 1 is 1.09 bits per heavy atom. The van der Waals surface area contributed by atoms with E-state index in [2.05, 4.69) is 0 Å². The summed E-state index contributed by atoms with van der Waals surface area (Å²) in [6.07, 6.45) is -0.695. The molecule has 0 bridgehead atoms. The van der Waals surface area contributed by atoms with Crippen LogP contribution in [0.2, 0.25) is 0 Å². The van der Waals surface area contributed by atoms with Crippen molar-refractivity contribution in [2.24, 2.45) is 0 Å². The number of carbonyl (C=O) groups is 2. The third-order valence-corrected chi connectivity index (χ3v) is 3.90. The van der Waals surface area contributed by atoms with Gasteiger partial charge in [-0.15, -0.1) is 0 Å². The van der Waals surface area contributed by atoms with E-state index in [1.807, 2.05) is 0 Å². The van der Waals surface area contributed by atoms with Crippen molar-refractivity contribution in [3.8, 4) is 5.69 Å². The summed E-state index contributed by atoms with van der Waals surface area (Å²) >= 11 is 0. The molecule has 1 amide bonds. The predicted molar refractivity (Wildman–Crippen MR) is 81.1 cm³/mol. The highest BCUT2D eigenvalue weighted by molar-refractivity contribution is 5.87. The topological polar surface area (TPSA) is 99.8 Å². The van der Waals surface area contributed by atoms with Gasteiger partial charge in [0, 0.05) is 17.9 Å². The first-order valence-electron chi connectivity index (χ1n) is 7.03. The zero-order chi connectivity index (χ0) is 16.6. The minimum absolute atomic E-state index is 0.0503. The number of amides is 1. The van der Waals surface area contributed by atoms with E-state index in [0.29, 0.717) is 23.4 Å². The first-order valence-corrected chi connectivity index (χ1v) is 7.03. The molecule has 1 aromatic heterocycles. The molecular weight excluding hydrogens is 300 g/mol. The summed E-state index contributed by atoms with van der Waals surface area (Å²) < 4.78 is 1.30. The molecule has 0 unspecified atom stereocenters. The van der Waals surface area contributed by atoms with E-state index in [1.165, 1.54) is 15.5 Å². The molecule has 0 saturated heterocycles. The SMILES string of the molecule is O=C(O)c1cc2c(n(-c3ccccc3)c1=O)CN(C(=O)O)CC2. The lowest BCUT2D eigenvalue weighted by atomic mass is 10.0. The molecule has 0 atom stereocenters. The second-order valence-corrected chi connectivity index (χ2v) is 5.27. The number of hydrogen-bond acceptors (Lipinski definition) is 3. The maximum absolute atomic E-state index is 12.6. The van der Waals surface area contributed by atoms with Crippen LogP contribution in [0.25, 0.3) is 5.69 Å². The van der Waals surface area contributed by atoms with Gasteiger partial charge in [-0.3, -0.25) is 9.36 Å². The molecule has 3 rings (SSSR count). The van der Waals surface area contributed by atoms with Crippen molar-refractivity contribution in [1.82, 2.24) is 9.47 Å². The fourth-order valence-electron chi connectivity index (χ4n) is 2.78. The summed E-state index contributed by atoms with van der Waals surface area (Å²) in [4.78, 5) is 36.3. The van der Waals surface area contributed by atoms with Crippen LogP contribution in [-0.4, -0.2) is 38.3 Å². The highest BCUT2D eigenvalue weighted by Crippen LogP contribution is 2.21. The van der Waals surface area contributed by atoms with Gasteiger partial charge >= 0.3 is 12.1 Å². The number of fused-ring (bicyclic) bond motifs is 1. The first kappa shape index (κ1) is 14.8. The first-order chi connectivity index (χ1) is 11.0. The van der Waals surface area contributed by atoms with Crippen LogP contribution in [0.3, 0.4) is 0 Å². The third-order valence-electron chi connectivity index (χ3n) is 3.90. The third kappa shape index (κ3) is 2.57. The van der Waals surface area contributed by atoms with Crippen molar-refractivity contribution in [3.05, 3.63) is 63.6 Å². The summed E-state index contributed by atoms with van der Waals surface area (Å²) in [5, 5.41) is 18.4. The summed E-state index contributed by atoms with van der Waals surface area (Å²) in [7, 11) is 0. The number of para-hydroxylation sites is 1. The molecule has 0 spiro atoms. The molecule has 0 radical (unpaired) electrons. The van der Waals surface area contributed by atoms with Gasteiger partial charge in [-0.05, 0) is 30.2 Å². The van der Waals surface area contributed by atoms with Gasteiger partial charge in [-0.1, -0.05) is 18.2 Å². The minimum Gasteiger partial charge on any atom is -0.477 e. The Kier molecular flexibility index (Phi) is 3.61. The summed E-state index contributed by atoms with van der Waals surface area (Å²) in [5.41, 5.74) is 0.748. The Morgan fingerprint density at radius 3 is 2.39 bits per heavy atom. The zero-order valence-corrected chi connectivity index (χ0v) is 12.1. The number of aromatic carboxylic acids is 1. The maximum Gasteiger partial charge on any atom is 0.407 e. The molecule has 1 aromatic carbocycles. The van der Waals surface area contributed by atoms with Gasteiger partial charge in [-0.2, -0.15) is 0 Å². The number of benzene rings is 1. The van der Waals surface area contributed by atoms with Crippen LogP contribution in [0.15, 0.2) is 41.2 Å². The number of hydrogen-bond donors (Lipinski definition) is 2. The molecule has 7 heteroatoms. The lowest BCUT2D eigenvalue weighted by molar-refractivity contribution is 0.0693. The largest absolute Gasteiger partial charge is 0.477 e. The van der Waals surface area contributed by atoms with Crippen LogP contribution in [0.5, 0.6) is 0 Å². The van der Waals surface area contributed by atoms with Crippen LogP contribution in [0.1, 0.15) is 21.6 Å². The smallest absolute Gasteiger partial charge is 0.407 e. The molecule has 1 aliphatic heterocycles. The molecule has 7 nitrogen and oxygen atoms in total. The van der Waals surface area contributed by atoms with Gasteiger partial charge in [-0.25, -0.2) is 9.59 Å². The molecule has 2 aromatic rings. The Balaban J connectivity index is 2.27. The van der Waals surface area contributed by atoms with Gasteiger partial charge in [0.15, 0.2) is 0 Å². The molecule has 0 saturated carbocycles. The number of carboxylic acids is 1. The van der Waals surface area contributed by atoms with E-state index in [9.17, 15) is 24.6 Å². The van der Waals surface area contributed by atoms with Crippen molar-refractivity contribution in [2.75, 3.05) is 6.54 Å². The van der Waals surface area contributed by atoms with Crippen LogP contribution >= 0.6 is 0 Å². The molecule has 1 aliphatic rings. The Labute approximate surface area is 131 Å². The molecule has 23 heavy (non-hydrogen) atoms. The molecule has 2 N–H and O–H groups in total. The number of rotatable bonds is 2. The van der Waals surface area contributed by atoms with Gasteiger partial charge in [0.25, 0.3) is 5.56 Å². The van der Waals surface area contributed by atoms with Crippen molar-refractivity contribution >= 4 is 12.1 Å². The number of carboxylic acid groups (broad SMARTS) is 2. The van der Waals surface area contributed by atoms with Gasteiger partial charge in [0.05, 0.1) is 6.54 Å². The van der Waals surface area contributed by atoms with Crippen molar-refractivity contribution in [1.29, 1.82) is 0 Å². The van der Waals surface area contributed by atoms with Gasteiger partial charge in [0.2, 0.25) is 0 Å². The summed E-state index contributed by atoms with van der Waals surface area (Å²) in [6, 6.07) is 9.99. The standard InChI is InChI=1S/C16H14N2O5/c19-14-12(15(20)21)8-10-6-7-17(16(22)23)9-13(10)18(14)11-4-2-1-3-5-11/h1-5,8H,6-7,9H2,(H,20,21)(H,22,23). The normalized spacial score (nSPS) is 13.5. The highest BCUT2D eigenvalue weighted by atomic mass is 16.4. The fraction of sp³-hybridized carbons (Fsp3) is 0.188. The van der Waals surface area contributed by atoms with Crippen molar-refractivity contribution in [3.63, 3.8) is 0 Å². The maximum atomic E-state index is 12.6. The molecular formula is C16H14N2O5.